The zero-order valence-corrected chi connectivity index (χ0v) is 18.7. The summed E-state index contributed by atoms with van der Waals surface area (Å²) in [6.45, 7) is 6.72. The lowest BCUT2D eigenvalue weighted by molar-refractivity contribution is -0.118. The molecule has 0 radical (unpaired) electrons. The summed E-state index contributed by atoms with van der Waals surface area (Å²) in [5.41, 5.74) is 2.75. The van der Waals surface area contributed by atoms with Crippen LogP contribution in [0.15, 0.2) is 30.5 Å². The van der Waals surface area contributed by atoms with Gasteiger partial charge in [-0.2, -0.15) is 5.10 Å². The Bertz CT molecular complexity index is 1300. The highest BCUT2D eigenvalue weighted by Crippen LogP contribution is 2.39. The highest BCUT2D eigenvalue weighted by Gasteiger charge is 2.25. The Morgan fingerprint density at radius 1 is 1.12 bits per heavy atom. The van der Waals surface area contributed by atoms with Crippen LogP contribution < -0.4 is 15.1 Å². The van der Waals surface area contributed by atoms with Crippen molar-refractivity contribution < 1.29 is 14.3 Å². The Hall–Kier alpha value is -3.41. The first-order valence-corrected chi connectivity index (χ1v) is 11.5. The van der Waals surface area contributed by atoms with E-state index in [-0.39, 0.29) is 5.91 Å². The van der Waals surface area contributed by atoms with Crippen molar-refractivity contribution >= 4 is 56.0 Å². The molecule has 0 atom stereocenters. The van der Waals surface area contributed by atoms with Gasteiger partial charge in [-0.15, -0.1) is 11.3 Å². The molecule has 2 fully saturated rings. The molecule has 0 aliphatic carbocycles. The predicted molar refractivity (Wildman–Crippen MR) is 128 cm³/mol. The molecule has 33 heavy (non-hydrogen) atoms. The highest BCUT2D eigenvalue weighted by molar-refractivity contribution is 7.23. The average Bonchev–Trinajstić information content (AvgIpc) is 3.52. The van der Waals surface area contributed by atoms with E-state index in [1.807, 2.05) is 42.2 Å². The van der Waals surface area contributed by atoms with Crippen LogP contribution in [0.4, 0.5) is 10.8 Å². The van der Waals surface area contributed by atoms with E-state index in [1.165, 1.54) is 0 Å². The van der Waals surface area contributed by atoms with E-state index in [2.05, 4.69) is 20.4 Å². The van der Waals surface area contributed by atoms with Crippen LogP contribution in [0.1, 0.15) is 0 Å². The van der Waals surface area contributed by atoms with E-state index < -0.39 is 0 Å². The van der Waals surface area contributed by atoms with Gasteiger partial charge in [-0.3, -0.25) is 9.89 Å². The second-order valence-electron chi connectivity index (χ2n) is 7.63. The number of benzene rings is 1. The molecule has 2 aliphatic heterocycles. The summed E-state index contributed by atoms with van der Waals surface area (Å²) >= 11 is 1.59. The topological polar surface area (TPSA) is 116 Å². The maximum Gasteiger partial charge on any atom is 0.241 e. The number of H-pyrrole nitrogens is 1. The summed E-state index contributed by atoms with van der Waals surface area (Å²) in [5.74, 6) is 1.65. The number of aromatic nitrogens is 4. The second kappa shape index (κ2) is 9.22. The summed E-state index contributed by atoms with van der Waals surface area (Å²) < 4.78 is 6.56. The quantitative estimate of drug-likeness (QED) is 0.471. The number of amides is 1. The summed E-state index contributed by atoms with van der Waals surface area (Å²) in [5, 5.41) is 12.2. The van der Waals surface area contributed by atoms with Crippen molar-refractivity contribution in [1.29, 1.82) is 0 Å². The fraction of sp³-hybridized carbons (Fsp3) is 0.318. The molecule has 2 saturated heterocycles. The van der Waals surface area contributed by atoms with E-state index in [4.69, 9.17) is 19.5 Å². The molecule has 4 aromatic rings. The monoisotopic (exact) mass is 465 g/mol. The first kappa shape index (κ1) is 21.4. The first-order valence-electron chi connectivity index (χ1n) is 10.6. The maximum atomic E-state index is 12.5. The maximum absolute atomic E-state index is 12.5. The third kappa shape index (κ3) is 3.94. The highest BCUT2D eigenvalue weighted by atomic mass is 32.1. The smallest absolute Gasteiger partial charge is 0.241 e. The van der Waals surface area contributed by atoms with Crippen molar-refractivity contribution in [2.75, 3.05) is 55.7 Å². The number of anilines is 2. The molecule has 1 amide bonds. The van der Waals surface area contributed by atoms with E-state index in [0.29, 0.717) is 32.1 Å². The molecular formula is C22H23N7O3S. The molecule has 2 aliphatic rings. The number of thiophene rings is 1. The number of morpholine rings is 1. The summed E-state index contributed by atoms with van der Waals surface area (Å²) in [6.07, 6.45) is 1.81. The van der Waals surface area contributed by atoms with Crippen LogP contribution in [0, 0.1) is 0 Å². The number of piperazine rings is 1. The summed E-state index contributed by atoms with van der Waals surface area (Å²) in [7, 11) is 0. The van der Waals surface area contributed by atoms with E-state index in [1.54, 1.807) is 11.3 Å². The molecule has 1 aromatic carbocycles. The lowest BCUT2D eigenvalue weighted by atomic mass is 10.1. The number of aromatic amines is 1. The average molecular weight is 466 g/mol. The minimum Gasteiger partial charge on any atom is -0.378 e. The lowest BCUT2D eigenvalue weighted by Crippen LogP contribution is -2.47. The van der Waals surface area contributed by atoms with Crippen LogP contribution in [0.2, 0.25) is 0 Å². The predicted octanol–water partition coefficient (Wildman–Crippen LogP) is 1.82. The van der Waals surface area contributed by atoms with Crippen molar-refractivity contribution in [3.8, 4) is 11.4 Å². The van der Waals surface area contributed by atoms with Gasteiger partial charge in [0.1, 0.15) is 11.8 Å². The fourth-order valence-corrected chi connectivity index (χ4v) is 5.31. The van der Waals surface area contributed by atoms with Crippen LogP contribution in [0.3, 0.4) is 0 Å². The van der Waals surface area contributed by atoms with Crippen molar-refractivity contribution in [2.24, 2.45) is 0 Å². The van der Waals surface area contributed by atoms with Gasteiger partial charge in [0.05, 0.1) is 41.7 Å². The number of nitrogens with one attached hydrogen (secondary N) is 2. The van der Waals surface area contributed by atoms with Crippen LogP contribution in [0.25, 0.3) is 32.5 Å². The fourth-order valence-electron chi connectivity index (χ4n) is 4.15. The Morgan fingerprint density at radius 2 is 1.97 bits per heavy atom. The molecule has 5 heterocycles. The molecule has 3 aromatic heterocycles. The Labute approximate surface area is 193 Å². The summed E-state index contributed by atoms with van der Waals surface area (Å²) in [6, 6.07) is 8.02. The normalized spacial score (nSPS) is 16.8. The number of hydrogen-bond acceptors (Lipinski definition) is 9. The zero-order valence-electron chi connectivity index (χ0n) is 17.9. The van der Waals surface area contributed by atoms with Crippen LogP contribution >= 0.6 is 11.3 Å². The number of ether oxygens (including phenoxy) is 1. The number of fused-ring (bicyclic) bond motifs is 2. The molecule has 11 heteroatoms. The van der Waals surface area contributed by atoms with Crippen molar-refractivity contribution in [3.05, 3.63) is 30.5 Å². The van der Waals surface area contributed by atoms with E-state index in [0.717, 1.165) is 57.1 Å². The van der Waals surface area contributed by atoms with Gasteiger partial charge in [-0.1, -0.05) is 12.1 Å². The standard InChI is InChI=1S/C21H21N7O2S.CH2O/c29-17-12-22-4-5-28(17)18-10-16-19(31-18)21(27-6-8-30-9-7-27)25-20(24-16)13-2-1-3-15-14(13)11-23-26-15;1-2/h1-3,10-11,22H,4-9,12H2,(H,23,26);1H2. The van der Waals surface area contributed by atoms with Gasteiger partial charge in [-0.25, -0.2) is 9.97 Å². The van der Waals surface area contributed by atoms with E-state index in [9.17, 15) is 4.79 Å². The Kier molecular flexibility index (Phi) is 5.99. The number of hydrogen-bond donors (Lipinski definition) is 2. The largest absolute Gasteiger partial charge is 0.378 e. The third-order valence-electron chi connectivity index (χ3n) is 5.73. The van der Waals surface area contributed by atoms with Gasteiger partial charge in [-0.05, 0) is 12.1 Å². The lowest BCUT2D eigenvalue weighted by Gasteiger charge is -2.28. The summed E-state index contributed by atoms with van der Waals surface area (Å²) in [4.78, 5) is 34.5. The van der Waals surface area contributed by atoms with Gasteiger partial charge in [0.25, 0.3) is 0 Å². The molecule has 6 rings (SSSR count). The first-order chi connectivity index (χ1) is 16.3. The minimum atomic E-state index is 0.0853. The van der Waals surface area contributed by atoms with Crippen molar-refractivity contribution in [3.63, 3.8) is 0 Å². The van der Waals surface area contributed by atoms with Crippen LogP contribution in [-0.2, 0) is 14.3 Å². The molecular weight excluding hydrogens is 442 g/mol. The van der Waals surface area contributed by atoms with Crippen LogP contribution in [0.5, 0.6) is 0 Å². The molecule has 0 spiro atoms. The Morgan fingerprint density at radius 3 is 2.79 bits per heavy atom. The van der Waals surface area contributed by atoms with Crippen molar-refractivity contribution in [2.45, 2.75) is 0 Å². The van der Waals surface area contributed by atoms with Crippen LogP contribution in [-0.4, -0.2) is 78.8 Å². The Balaban J connectivity index is 0.00000111. The van der Waals surface area contributed by atoms with Gasteiger partial charge in [0.2, 0.25) is 5.91 Å². The second-order valence-corrected chi connectivity index (χ2v) is 8.66. The number of rotatable bonds is 3. The molecule has 10 nitrogen and oxygen atoms in total. The molecule has 0 bridgehead atoms. The molecule has 0 unspecified atom stereocenters. The molecule has 0 saturated carbocycles. The van der Waals surface area contributed by atoms with Gasteiger partial charge < -0.3 is 24.6 Å². The SMILES string of the molecule is C=O.O=C1CNCCN1c1cc2nc(-c3cccc4[nH]ncc34)nc(N3CCOCC3)c2s1. The van der Waals surface area contributed by atoms with E-state index >= 15 is 0 Å². The zero-order chi connectivity index (χ0) is 22.8. The van der Waals surface area contributed by atoms with Gasteiger partial charge >= 0.3 is 0 Å². The minimum absolute atomic E-state index is 0.0853. The number of nitrogens with zero attached hydrogens (tertiary/aromatic N) is 5. The molecule has 170 valence electrons. The van der Waals surface area contributed by atoms with Gasteiger partial charge in [0, 0.05) is 37.1 Å². The third-order valence-corrected chi connectivity index (χ3v) is 6.88. The number of carbonyl (C=O) groups excluding carboxylic acids is 2. The van der Waals surface area contributed by atoms with Gasteiger partial charge in [0.15, 0.2) is 11.6 Å². The molecule has 2 N–H and O–H groups in total. The number of carbonyl (C=O) groups is 2. The van der Waals surface area contributed by atoms with Crippen molar-refractivity contribution in [1.82, 2.24) is 25.5 Å².